The van der Waals surface area contributed by atoms with E-state index in [1.54, 1.807) is 23.3 Å². The van der Waals surface area contributed by atoms with Crippen molar-refractivity contribution in [1.29, 1.82) is 0 Å². The molecule has 6 rings (SSSR count). The molecule has 7 nitrogen and oxygen atoms in total. The Morgan fingerprint density at radius 1 is 1.03 bits per heavy atom. The van der Waals surface area contributed by atoms with E-state index in [1.807, 2.05) is 19.2 Å². The normalized spacial score (nSPS) is 32.3. The first-order chi connectivity index (χ1) is 16.4. The van der Waals surface area contributed by atoms with E-state index in [0.717, 1.165) is 23.3 Å². The maximum absolute atomic E-state index is 13.8. The second kappa shape index (κ2) is 7.60. The molecule has 176 valence electrons. The molecule has 2 bridgehead atoms. The minimum Gasteiger partial charge on any atom is -0.284 e. The molecule has 0 aromatic heterocycles. The molecule has 4 aliphatic rings. The standard InChI is InChI=1S/C26H26N2O5S/c1-27-26(18-9-7-13-21(26)20-12-6-5-8-17(20)16-18)22-23(33-27)25(30)28(24(22)29)14-15-34(31,32)19-10-3-2-4-11-19/h2-8,10-13,18,21-23H,9,14-16H2,1H3/t18?,21-,22-,23+,26?/m0/s1. The monoisotopic (exact) mass is 478 g/mol. The smallest absolute Gasteiger partial charge is 0.261 e. The molecule has 34 heavy (non-hydrogen) atoms. The Kier molecular flexibility index (Phi) is 4.85. The Morgan fingerprint density at radius 2 is 1.76 bits per heavy atom. The first kappa shape index (κ1) is 21.7. The third kappa shape index (κ3) is 2.85. The molecule has 0 radical (unpaired) electrons. The SMILES string of the molecule is CN1O[C@H]2C(=O)N(CCS(=O)(=O)c3ccccc3)C(=O)[C@H]2C12C1CC=C[C@H]2c2ccccc2C1. The molecule has 5 atom stereocenters. The number of hydroxylamine groups is 2. The number of carbonyl (C=O) groups excluding carboxylic acids is 2. The lowest BCUT2D eigenvalue weighted by Crippen LogP contribution is -2.61. The van der Waals surface area contributed by atoms with Gasteiger partial charge in [0.1, 0.15) is 0 Å². The van der Waals surface area contributed by atoms with Crippen LogP contribution >= 0.6 is 0 Å². The van der Waals surface area contributed by atoms with Crippen LogP contribution in [0.2, 0.25) is 0 Å². The van der Waals surface area contributed by atoms with Crippen LogP contribution in [-0.2, 0) is 30.7 Å². The third-order valence-corrected chi connectivity index (χ3v) is 9.81. The van der Waals surface area contributed by atoms with Crippen LogP contribution in [0, 0.1) is 11.8 Å². The minimum absolute atomic E-state index is 0.0825. The molecular formula is C26H26N2O5S. The summed E-state index contributed by atoms with van der Waals surface area (Å²) in [6.45, 7) is -0.174. The maximum Gasteiger partial charge on any atom is 0.261 e. The number of fused-ring (bicyclic) bond motifs is 3. The third-order valence-electron chi connectivity index (χ3n) is 8.10. The molecule has 2 aliphatic heterocycles. The number of likely N-dealkylation sites (N-methyl/N-ethyl adjacent to an activating group) is 1. The number of carbonyl (C=O) groups is 2. The van der Waals surface area contributed by atoms with E-state index in [-0.39, 0.29) is 34.9 Å². The van der Waals surface area contributed by atoms with E-state index in [4.69, 9.17) is 4.84 Å². The number of hydrogen-bond donors (Lipinski definition) is 0. The van der Waals surface area contributed by atoms with Crippen molar-refractivity contribution in [2.24, 2.45) is 11.8 Å². The zero-order valence-corrected chi connectivity index (χ0v) is 19.6. The average Bonchev–Trinajstić information content (AvgIpc) is 3.25. The highest BCUT2D eigenvalue weighted by molar-refractivity contribution is 7.91. The Labute approximate surface area is 198 Å². The predicted molar refractivity (Wildman–Crippen MR) is 124 cm³/mol. The zero-order chi connectivity index (χ0) is 23.7. The summed E-state index contributed by atoms with van der Waals surface area (Å²) in [5, 5.41) is 1.77. The number of likely N-dealkylation sites (tertiary alicyclic amines) is 1. The number of benzene rings is 2. The second-order valence-electron chi connectivity index (χ2n) is 9.59. The molecule has 0 N–H and O–H groups in total. The van der Waals surface area contributed by atoms with Gasteiger partial charge in [-0.05, 0) is 42.0 Å². The Morgan fingerprint density at radius 3 is 2.56 bits per heavy atom. The van der Waals surface area contributed by atoms with Gasteiger partial charge in [0.15, 0.2) is 15.9 Å². The van der Waals surface area contributed by atoms with E-state index in [0.29, 0.717) is 0 Å². The van der Waals surface area contributed by atoms with Gasteiger partial charge in [-0.15, -0.1) is 0 Å². The van der Waals surface area contributed by atoms with Crippen LogP contribution in [0.5, 0.6) is 0 Å². The molecule has 8 heteroatoms. The minimum atomic E-state index is -3.63. The van der Waals surface area contributed by atoms with Gasteiger partial charge in [-0.1, -0.05) is 54.6 Å². The van der Waals surface area contributed by atoms with E-state index in [9.17, 15) is 18.0 Å². The lowest BCUT2D eigenvalue weighted by atomic mass is 9.55. The van der Waals surface area contributed by atoms with Crippen molar-refractivity contribution >= 4 is 21.7 Å². The first-order valence-electron chi connectivity index (χ1n) is 11.6. The fourth-order valence-corrected chi connectivity index (χ4v) is 7.88. The van der Waals surface area contributed by atoms with Gasteiger partial charge < -0.3 is 0 Å². The zero-order valence-electron chi connectivity index (χ0n) is 18.8. The van der Waals surface area contributed by atoms with Crippen LogP contribution in [0.4, 0.5) is 0 Å². The molecule has 2 fully saturated rings. The van der Waals surface area contributed by atoms with Crippen LogP contribution < -0.4 is 0 Å². The number of rotatable bonds is 4. The van der Waals surface area contributed by atoms with Gasteiger partial charge in [-0.25, -0.2) is 8.42 Å². The lowest BCUT2D eigenvalue weighted by Gasteiger charge is -2.53. The Balaban J connectivity index is 1.34. The van der Waals surface area contributed by atoms with Gasteiger partial charge in [0.25, 0.3) is 5.91 Å². The fourth-order valence-electron chi connectivity index (χ4n) is 6.65. The van der Waals surface area contributed by atoms with Crippen LogP contribution in [0.25, 0.3) is 0 Å². The van der Waals surface area contributed by atoms with Gasteiger partial charge in [0.2, 0.25) is 5.91 Å². The van der Waals surface area contributed by atoms with Gasteiger partial charge in [-0.3, -0.25) is 19.3 Å². The Hall–Kier alpha value is -2.81. The second-order valence-corrected chi connectivity index (χ2v) is 11.7. The summed E-state index contributed by atoms with van der Waals surface area (Å²) in [6, 6.07) is 16.4. The van der Waals surface area contributed by atoms with Crippen molar-refractivity contribution in [2.45, 2.75) is 35.3 Å². The van der Waals surface area contributed by atoms with E-state index in [2.05, 4.69) is 24.3 Å². The number of amides is 2. The topological polar surface area (TPSA) is 84.0 Å². The van der Waals surface area contributed by atoms with Crippen LogP contribution in [0.3, 0.4) is 0 Å². The molecule has 0 saturated carbocycles. The van der Waals surface area contributed by atoms with Crippen molar-refractivity contribution in [3.8, 4) is 0 Å². The average molecular weight is 479 g/mol. The van der Waals surface area contributed by atoms with E-state index in [1.165, 1.54) is 17.7 Å². The molecule has 2 aliphatic carbocycles. The predicted octanol–water partition coefficient (Wildman–Crippen LogP) is 2.35. The largest absolute Gasteiger partial charge is 0.284 e. The number of sulfone groups is 1. The van der Waals surface area contributed by atoms with E-state index >= 15 is 0 Å². The van der Waals surface area contributed by atoms with Crippen molar-refractivity contribution in [3.63, 3.8) is 0 Å². The highest BCUT2D eigenvalue weighted by Crippen LogP contribution is 2.59. The molecule has 2 saturated heterocycles. The van der Waals surface area contributed by atoms with Crippen molar-refractivity contribution < 1.29 is 22.8 Å². The van der Waals surface area contributed by atoms with Crippen molar-refractivity contribution in [1.82, 2.24) is 9.96 Å². The number of imide groups is 1. The highest BCUT2D eigenvalue weighted by atomic mass is 32.2. The first-order valence-corrected chi connectivity index (χ1v) is 13.3. The molecule has 2 amide bonds. The number of allylic oxidation sites excluding steroid dienone is 1. The molecular weight excluding hydrogens is 452 g/mol. The quantitative estimate of drug-likeness (QED) is 0.496. The number of nitrogens with zero attached hydrogens (tertiary/aromatic N) is 2. The summed E-state index contributed by atoms with van der Waals surface area (Å²) in [5.41, 5.74) is 1.76. The van der Waals surface area contributed by atoms with Gasteiger partial charge in [0.05, 0.1) is 22.1 Å². The fraction of sp³-hybridized carbons (Fsp3) is 0.385. The maximum atomic E-state index is 13.8. The number of hydrogen-bond acceptors (Lipinski definition) is 6. The molecule has 2 heterocycles. The summed E-state index contributed by atoms with van der Waals surface area (Å²) >= 11 is 0. The molecule has 2 aromatic rings. The van der Waals surface area contributed by atoms with Crippen molar-refractivity contribution in [3.05, 3.63) is 77.9 Å². The van der Waals surface area contributed by atoms with Crippen molar-refractivity contribution in [2.75, 3.05) is 19.3 Å². The van der Waals surface area contributed by atoms with Gasteiger partial charge >= 0.3 is 0 Å². The summed E-state index contributed by atoms with van der Waals surface area (Å²) in [7, 11) is -1.80. The summed E-state index contributed by atoms with van der Waals surface area (Å²) < 4.78 is 25.6. The Bertz CT molecular complexity index is 1310. The summed E-state index contributed by atoms with van der Waals surface area (Å²) in [4.78, 5) is 34.5. The highest BCUT2D eigenvalue weighted by Gasteiger charge is 2.71. The van der Waals surface area contributed by atoms with E-state index < -0.39 is 33.3 Å². The van der Waals surface area contributed by atoms with Crippen LogP contribution in [0.1, 0.15) is 23.5 Å². The van der Waals surface area contributed by atoms with Gasteiger partial charge in [0, 0.05) is 19.5 Å². The molecule has 1 spiro atoms. The molecule has 2 unspecified atom stereocenters. The van der Waals surface area contributed by atoms with Gasteiger partial charge in [-0.2, -0.15) is 5.06 Å². The summed E-state index contributed by atoms with van der Waals surface area (Å²) in [5.74, 6) is -1.72. The molecule has 2 aromatic carbocycles. The lowest BCUT2D eigenvalue weighted by molar-refractivity contribution is -0.197. The summed E-state index contributed by atoms with van der Waals surface area (Å²) in [6.07, 6.45) is 5.00. The van der Waals surface area contributed by atoms with Crippen LogP contribution in [-0.4, -0.2) is 61.2 Å². The van der Waals surface area contributed by atoms with Crippen LogP contribution in [0.15, 0.2) is 71.6 Å².